The fourth-order valence-corrected chi connectivity index (χ4v) is 4.01. The van der Waals surface area contributed by atoms with Crippen molar-refractivity contribution in [3.8, 4) is 0 Å². The first-order chi connectivity index (χ1) is 12.3. The first-order valence-electron chi connectivity index (χ1n) is 9.29. The Morgan fingerprint density at radius 3 is 1.62 bits per heavy atom. The number of nitrogens with two attached hydrogens (primary N) is 1. The summed E-state index contributed by atoms with van der Waals surface area (Å²) in [7, 11) is 0. The summed E-state index contributed by atoms with van der Waals surface area (Å²) in [6.45, 7) is 13.2. The zero-order valence-corrected chi connectivity index (χ0v) is 16.8. The summed E-state index contributed by atoms with van der Waals surface area (Å²) in [5, 5.41) is 0. The summed E-state index contributed by atoms with van der Waals surface area (Å²) in [4.78, 5) is 0. The van der Waals surface area contributed by atoms with Crippen LogP contribution in [0.25, 0.3) is 0 Å². The Morgan fingerprint density at radius 1 is 0.654 bits per heavy atom. The monoisotopic (exact) mass is 343 g/mol. The van der Waals surface area contributed by atoms with Gasteiger partial charge in [-0.25, -0.2) is 0 Å². The van der Waals surface area contributed by atoms with Crippen LogP contribution in [0.3, 0.4) is 0 Å². The second-order valence-corrected chi connectivity index (χ2v) is 7.70. The van der Waals surface area contributed by atoms with E-state index in [-0.39, 0.29) is 5.92 Å². The quantitative estimate of drug-likeness (QED) is 0.438. The van der Waals surface area contributed by atoms with E-state index < -0.39 is 0 Å². The minimum Gasteiger partial charge on any atom is -0.399 e. The molecular weight excluding hydrogens is 314 g/mol. The summed E-state index contributed by atoms with van der Waals surface area (Å²) in [5.74, 6) is 0.190. The molecule has 0 aromatic heterocycles. The third kappa shape index (κ3) is 3.39. The van der Waals surface area contributed by atoms with Crippen molar-refractivity contribution in [3.63, 3.8) is 0 Å². The molecule has 3 aromatic rings. The van der Waals surface area contributed by atoms with Crippen LogP contribution in [0.15, 0.2) is 48.5 Å². The van der Waals surface area contributed by atoms with Crippen molar-refractivity contribution in [2.45, 2.75) is 47.5 Å². The van der Waals surface area contributed by atoms with Crippen molar-refractivity contribution in [2.24, 2.45) is 0 Å². The molecule has 134 valence electrons. The van der Waals surface area contributed by atoms with Gasteiger partial charge < -0.3 is 5.73 Å². The molecule has 0 bridgehead atoms. The van der Waals surface area contributed by atoms with Crippen LogP contribution in [0.4, 0.5) is 5.69 Å². The molecule has 3 rings (SSSR count). The minimum absolute atomic E-state index is 0.190. The number of hydrogen-bond donors (Lipinski definition) is 1. The van der Waals surface area contributed by atoms with Gasteiger partial charge in [-0.2, -0.15) is 0 Å². The van der Waals surface area contributed by atoms with E-state index in [0.29, 0.717) is 0 Å². The second kappa shape index (κ2) is 6.99. The lowest BCUT2D eigenvalue weighted by Gasteiger charge is -2.25. The molecule has 1 heteroatoms. The zero-order valence-electron chi connectivity index (χ0n) is 16.8. The molecule has 0 saturated heterocycles. The number of hydrogen-bond acceptors (Lipinski definition) is 1. The molecule has 0 aliphatic rings. The largest absolute Gasteiger partial charge is 0.399 e. The number of nitrogen functional groups attached to an aromatic ring is 1. The Morgan fingerprint density at radius 2 is 1.15 bits per heavy atom. The Hall–Kier alpha value is -2.54. The maximum atomic E-state index is 6.15. The van der Waals surface area contributed by atoms with Gasteiger partial charge in [0.2, 0.25) is 0 Å². The molecule has 0 fully saturated rings. The summed E-state index contributed by atoms with van der Waals surface area (Å²) >= 11 is 0. The van der Waals surface area contributed by atoms with Gasteiger partial charge in [0, 0.05) is 11.6 Å². The summed E-state index contributed by atoms with van der Waals surface area (Å²) in [6, 6.07) is 17.6. The van der Waals surface area contributed by atoms with Crippen LogP contribution in [-0.4, -0.2) is 0 Å². The van der Waals surface area contributed by atoms with E-state index in [2.05, 4.69) is 84.0 Å². The van der Waals surface area contributed by atoms with Crippen LogP contribution in [0, 0.1) is 41.5 Å². The number of benzene rings is 3. The van der Waals surface area contributed by atoms with Crippen LogP contribution >= 0.6 is 0 Å². The first kappa shape index (κ1) is 18.3. The third-order valence-corrected chi connectivity index (χ3v) is 5.57. The predicted molar refractivity (Wildman–Crippen MR) is 113 cm³/mol. The van der Waals surface area contributed by atoms with Crippen molar-refractivity contribution in [1.82, 2.24) is 0 Å². The Bertz CT molecular complexity index is 909. The molecule has 0 aliphatic heterocycles. The predicted octanol–water partition coefficient (Wildman–Crippen LogP) is 6.30. The van der Waals surface area contributed by atoms with E-state index in [1.807, 2.05) is 6.07 Å². The van der Waals surface area contributed by atoms with Crippen LogP contribution in [-0.2, 0) is 0 Å². The molecule has 0 spiro atoms. The molecule has 3 aromatic carbocycles. The highest BCUT2D eigenvalue weighted by Crippen LogP contribution is 2.38. The highest BCUT2D eigenvalue weighted by atomic mass is 14.5. The number of rotatable bonds is 3. The van der Waals surface area contributed by atoms with Gasteiger partial charge in [-0.1, -0.05) is 47.5 Å². The number of anilines is 1. The fraction of sp³-hybridized carbons (Fsp3) is 0.280. The second-order valence-electron chi connectivity index (χ2n) is 7.70. The van der Waals surface area contributed by atoms with Crippen LogP contribution in [0.1, 0.15) is 56.0 Å². The Balaban J connectivity index is 2.36. The average Bonchev–Trinajstić information content (AvgIpc) is 2.56. The van der Waals surface area contributed by atoms with Crippen molar-refractivity contribution >= 4 is 5.69 Å². The maximum absolute atomic E-state index is 6.15. The molecule has 1 nitrogen and oxygen atoms in total. The highest BCUT2D eigenvalue weighted by molar-refractivity contribution is 5.55. The van der Waals surface area contributed by atoms with Crippen molar-refractivity contribution in [2.75, 3.05) is 5.73 Å². The van der Waals surface area contributed by atoms with Crippen LogP contribution in [0.5, 0.6) is 0 Å². The van der Waals surface area contributed by atoms with E-state index in [4.69, 9.17) is 5.73 Å². The molecule has 0 radical (unpaired) electrons. The normalized spacial score (nSPS) is 11.2. The van der Waals surface area contributed by atoms with Crippen molar-refractivity contribution < 1.29 is 0 Å². The molecule has 26 heavy (non-hydrogen) atoms. The summed E-state index contributed by atoms with van der Waals surface area (Å²) in [5.41, 5.74) is 19.0. The van der Waals surface area contributed by atoms with Gasteiger partial charge in [0.05, 0.1) is 0 Å². The molecular formula is C25H29N. The third-order valence-electron chi connectivity index (χ3n) is 5.57. The van der Waals surface area contributed by atoms with E-state index in [9.17, 15) is 0 Å². The molecule has 0 atom stereocenters. The standard InChI is InChI=1S/C25H29N/c1-15-10-17(3)19(5)23(12-15)25(21-8-7-9-22(26)14-21)24-13-16(2)11-18(4)20(24)6/h7-14,25H,26H2,1-6H3. The fourth-order valence-electron chi connectivity index (χ4n) is 4.01. The highest BCUT2D eigenvalue weighted by Gasteiger charge is 2.22. The lowest BCUT2D eigenvalue weighted by molar-refractivity contribution is 0.935. The van der Waals surface area contributed by atoms with Gasteiger partial charge in [-0.3, -0.25) is 0 Å². The maximum Gasteiger partial charge on any atom is 0.0346 e. The zero-order chi connectivity index (χ0) is 19.0. The lowest BCUT2D eigenvalue weighted by Crippen LogP contribution is -2.10. The van der Waals surface area contributed by atoms with Gasteiger partial charge in [0.25, 0.3) is 0 Å². The van der Waals surface area contributed by atoms with Crippen molar-refractivity contribution in [1.29, 1.82) is 0 Å². The molecule has 0 amide bonds. The molecule has 0 unspecified atom stereocenters. The van der Waals surface area contributed by atoms with Gasteiger partial charge in [0.15, 0.2) is 0 Å². The lowest BCUT2D eigenvalue weighted by atomic mass is 9.78. The van der Waals surface area contributed by atoms with Crippen LogP contribution < -0.4 is 5.73 Å². The first-order valence-corrected chi connectivity index (χ1v) is 9.29. The van der Waals surface area contributed by atoms with E-state index in [1.165, 1.54) is 50.1 Å². The topological polar surface area (TPSA) is 26.0 Å². The van der Waals surface area contributed by atoms with Gasteiger partial charge >= 0.3 is 0 Å². The molecule has 2 N–H and O–H groups in total. The van der Waals surface area contributed by atoms with E-state index in [1.54, 1.807) is 0 Å². The number of aryl methyl sites for hydroxylation is 4. The summed E-state index contributed by atoms with van der Waals surface area (Å²) < 4.78 is 0. The van der Waals surface area contributed by atoms with E-state index >= 15 is 0 Å². The SMILES string of the molecule is Cc1cc(C)c(C)c(C(c2cccc(N)c2)c2cc(C)cc(C)c2C)c1. The van der Waals surface area contributed by atoms with Gasteiger partial charge in [0.1, 0.15) is 0 Å². The average molecular weight is 344 g/mol. The molecule has 0 heterocycles. The van der Waals surface area contributed by atoms with Crippen molar-refractivity contribution in [3.05, 3.63) is 98.6 Å². The Labute approximate surface area is 157 Å². The summed E-state index contributed by atoms with van der Waals surface area (Å²) in [6.07, 6.45) is 0. The minimum atomic E-state index is 0.190. The molecule has 0 saturated carbocycles. The van der Waals surface area contributed by atoms with E-state index in [0.717, 1.165) is 5.69 Å². The van der Waals surface area contributed by atoms with Gasteiger partial charge in [-0.05, 0) is 92.6 Å². The smallest absolute Gasteiger partial charge is 0.0346 e. The van der Waals surface area contributed by atoms with Crippen LogP contribution in [0.2, 0.25) is 0 Å². The molecule has 0 aliphatic carbocycles. The Kier molecular flexibility index (Phi) is 4.91. The van der Waals surface area contributed by atoms with Gasteiger partial charge in [-0.15, -0.1) is 0 Å².